The van der Waals surface area contributed by atoms with E-state index in [1.807, 2.05) is 99.6 Å². The number of amides is 1. The number of carbonyl (C=O) groups excluding carboxylic acids is 3. The Morgan fingerprint density at radius 2 is 1.03 bits per heavy atom. The summed E-state index contributed by atoms with van der Waals surface area (Å²) in [7, 11) is 0. The maximum atomic E-state index is 12.6. The van der Waals surface area contributed by atoms with Crippen molar-refractivity contribution < 1.29 is 23.9 Å². The predicted octanol–water partition coefficient (Wildman–Crippen LogP) is 13.0. The fourth-order valence-corrected chi connectivity index (χ4v) is 6.81. The second-order valence-electron chi connectivity index (χ2n) is 16.3. The Balaban J connectivity index is 1.35. The maximum absolute atomic E-state index is 12.6. The molecule has 8 heteroatoms. The van der Waals surface area contributed by atoms with Crippen molar-refractivity contribution in [1.82, 2.24) is 15.3 Å². The van der Waals surface area contributed by atoms with E-state index in [-0.39, 0.29) is 11.9 Å². The van der Waals surface area contributed by atoms with Crippen molar-refractivity contribution >= 4 is 36.1 Å². The summed E-state index contributed by atoms with van der Waals surface area (Å²) in [5.74, 6) is -0.170. The van der Waals surface area contributed by atoms with Crippen LogP contribution < -0.4 is 5.32 Å². The van der Waals surface area contributed by atoms with Gasteiger partial charge in [0.2, 0.25) is 5.91 Å². The number of rotatable bonds is 25. The highest BCUT2D eigenvalue weighted by Gasteiger charge is 2.17. The van der Waals surface area contributed by atoms with Gasteiger partial charge in [-0.15, -0.1) is 0 Å². The number of nitrogens with zero attached hydrogens (tertiary/aromatic N) is 1. The first kappa shape index (κ1) is 47.2. The second kappa shape index (κ2) is 25.9. The first-order chi connectivity index (χ1) is 29.0. The van der Waals surface area contributed by atoms with Crippen LogP contribution in [0.3, 0.4) is 0 Å². The topological polar surface area (TPSA) is 110 Å². The smallest absolute Gasteiger partial charge is 0.331 e. The van der Waals surface area contributed by atoms with E-state index in [1.165, 1.54) is 89.2 Å². The van der Waals surface area contributed by atoms with Gasteiger partial charge in [-0.1, -0.05) is 163 Å². The summed E-state index contributed by atoms with van der Waals surface area (Å²) in [4.78, 5) is 45.2. The normalized spacial score (nSPS) is 11.8. The molecule has 1 amide bonds. The average molecular weight is 814 g/mol. The molecular weight excluding hydrogens is 747 g/mol. The zero-order chi connectivity index (χ0) is 43.0. The van der Waals surface area contributed by atoms with Crippen LogP contribution in [-0.4, -0.2) is 46.6 Å². The molecular formula is C52H67N3O5. The standard InChI is InChI=1S/C52H67N3O5/c1-6-8-9-10-11-12-13-14-15-16-17-18-19-20-39-53-46(56)36-27-40-21-30-43(31-22-40)49-50(44-32-23-41(24-33-44)29-38-48(58)60-52(3,4)5)55-51(54-49)45-34-25-42(26-35-45)28-37-47(57)59-7-2/h21-38H,6-20,39H2,1-5H3,(H,53,56)(H,54,55)/b36-27+,37-28+,38-29+. The third kappa shape index (κ3) is 17.8. The van der Waals surface area contributed by atoms with Crippen molar-refractivity contribution in [3.63, 3.8) is 0 Å². The fraction of sp³-hybridized carbons (Fsp3) is 0.423. The van der Waals surface area contributed by atoms with E-state index >= 15 is 0 Å². The number of ether oxygens (including phenoxy) is 2. The predicted molar refractivity (Wildman–Crippen MR) is 248 cm³/mol. The number of hydrogen-bond acceptors (Lipinski definition) is 6. The molecule has 3 aromatic carbocycles. The number of aromatic amines is 1. The van der Waals surface area contributed by atoms with E-state index in [0.717, 1.165) is 57.6 Å². The zero-order valence-electron chi connectivity index (χ0n) is 36.7. The third-order valence-corrected chi connectivity index (χ3v) is 10.0. The molecule has 0 aliphatic rings. The van der Waals surface area contributed by atoms with E-state index in [9.17, 15) is 14.4 Å². The molecule has 0 saturated heterocycles. The number of unbranched alkanes of at least 4 members (excludes halogenated alkanes) is 13. The molecule has 0 aliphatic carbocycles. The van der Waals surface area contributed by atoms with Gasteiger partial charge in [-0.05, 0) is 69.0 Å². The lowest BCUT2D eigenvalue weighted by molar-refractivity contribution is -0.148. The van der Waals surface area contributed by atoms with Crippen molar-refractivity contribution in [3.8, 4) is 33.9 Å². The lowest BCUT2D eigenvalue weighted by Crippen LogP contribution is -2.22. The van der Waals surface area contributed by atoms with E-state index in [0.29, 0.717) is 19.0 Å². The van der Waals surface area contributed by atoms with Gasteiger partial charge in [0.1, 0.15) is 11.4 Å². The number of esters is 2. The minimum atomic E-state index is -0.562. The summed E-state index contributed by atoms with van der Waals surface area (Å²) in [6, 6.07) is 23.6. The van der Waals surface area contributed by atoms with E-state index in [4.69, 9.17) is 14.5 Å². The molecule has 320 valence electrons. The Labute approximate surface area is 359 Å². The fourth-order valence-electron chi connectivity index (χ4n) is 6.81. The molecule has 0 radical (unpaired) electrons. The number of aromatic nitrogens is 2. The van der Waals surface area contributed by atoms with Crippen LogP contribution in [0.25, 0.3) is 52.1 Å². The Bertz CT molecular complexity index is 1980. The largest absolute Gasteiger partial charge is 0.463 e. The quantitative estimate of drug-likeness (QED) is 0.0392. The molecule has 0 fully saturated rings. The number of imidazole rings is 1. The maximum Gasteiger partial charge on any atom is 0.331 e. The number of H-pyrrole nitrogens is 1. The minimum absolute atomic E-state index is 0.0824. The average Bonchev–Trinajstić information content (AvgIpc) is 3.68. The molecule has 1 heterocycles. The third-order valence-electron chi connectivity index (χ3n) is 10.0. The molecule has 8 nitrogen and oxygen atoms in total. The molecule has 0 unspecified atom stereocenters. The molecule has 0 aliphatic heterocycles. The molecule has 0 atom stereocenters. The lowest BCUT2D eigenvalue weighted by Gasteiger charge is -2.17. The zero-order valence-corrected chi connectivity index (χ0v) is 36.7. The van der Waals surface area contributed by atoms with Crippen molar-refractivity contribution in [3.05, 3.63) is 108 Å². The highest BCUT2D eigenvalue weighted by atomic mass is 16.6. The van der Waals surface area contributed by atoms with Crippen molar-refractivity contribution in [2.75, 3.05) is 13.2 Å². The summed E-state index contributed by atoms with van der Waals surface area (Å²) in [6.45, 7) is 10.6. The van der Waals surface area contributed by atoms with Crippen LogP contribution in [0.1, 0.15) is 141 Å². The number of benzene rings is 3. The van der Waals surface area contributed by atoms with Crippen LogP contribution >= 0.6 is 0 Å². The van der Waals surface area contributed by atoms with Crippen LogP contribution in [0.15, 0.2) is 91.0 Å². The number of nitrogens with one attached hydrogen (secondary N) is 2. The van der Waals surface area contributed by atoms with E-state index < -0.39 is 11.6 Å². The molecule has 2 N–H and O–H groups in total. The van der Waals surface area contributed by atoms with Gasteiger partial charge in [-0.2, -0.15) is 0 Å². The summed E-state index contributed by atoms with van der Waals surface area (Å²) < 4.78 is 10.4. The number of hydrogen-bond donors (Lipinski definition) is 2. The lowest BCUT2D eigenvalue weighted by atomic mass is 10.0. The molecule has 60 heavy (non-hydrogen) atoms. The Hall–Kier alpha value is -5.50. The molecule has 4 rings (SSSR count). The first-order valence-corrected chi connectivity index (χ1v) is 22.2. The number of carbonyl (C=O) groups is 3. The van der Waals surface area contributed by atoms with Crippen LogP contribution in [0.5, 0.6) is 0 Å². The van der Waals surface area contributed by atoms with Crippen molar-refractivity contribution in [2.45, 2.75) is 130 Å². The van der Waals surface area contributed by atoms with Gasteiger partial charge in [0.15, 0.2) is 0 Å². The second-order valence-corrected chi connectivity index (χ2v) is 16.3. The summed E-state index contributed by atoms with van der Waals surface area (Å²) in [6.07, 6.45) is 28.1. The van der Waals surface area contributed by atoms with Crippen molar-refractivity contribution in [2.24, 2.45) is 0 Å². The van der Waals surface area contributed by atoms with Crippen LogP contribution in [-0.2, 0) is 23.9 Å². The van der Waals surface area contributed by atoms with Crippen LogP contribution in [0.2, 0.25) is 0 Å². The molecule has 4 aromatic rings. The molecule has 0 saturated carbocycles. The van der Waals surface area contributed by atoms with Crippen LogP contribution in [0.4, 0.5) is 0 Å². The highest BCUT2D eigenvalue weighted by Crippen LogP contribution is 2.34. The van der Waals surface area contributed by atoms with Gasteiger partial charge in [-0.25, -0.2) is 14.6 Å². The van der Waals surface area contributed by atoms with Gasteiger partial charge in [0.25, 0.3) is 0 Å². The highest BCUT2D eigenvalue weighted by molar-refractivity contribution is 5.92. The summed E-state index contributed by atoms with van der Waals surface area (Å²) in [5.41, 5.74) is 6.40. The van der Waals surface area contributed by atoms with Gasteiger partial charge < -0.3 is 19.8 Å². The Kier molecular flexibility index (Phi) is 20.3. The SMILES string of the molecule is CCCCCCCCCCCCCCCCNC(=O)/C=C/c1ccc(-c2[nH]c(-c3ccc(/C=C/C(=O)OCC)cc3)nc2-c2ccc(/C=C/C(=O)OC(C)(C)C)cc2)cc1. The Morgan fingerprint density at radius 1 is 0.583 bits per heavy atom. The molecule has 0 bridgehead atoms. The Morgan fingerprint density at radius 3 is 1.53 bits per heavy atom. The molecule has 0 spiro atoms. The minimum Gasteiger partial charge on any atom is -0.463 e. The van der Waals surface area contributed by atoms with Crippen molar-refractivity contribution in [1.29, 1.82) is 0 Å². The van der Waals surface area contributed by atoms with Gasteiger partial charge in [0, 0.05) is 41.5 Å². The van der Waals surface area contributed by atoms with E-state index in [2.05, 4.69) is 17.2 Å². The summed E-state index contributed by atoms with van der Waals surface area (Å²) in [5, 5.41) is 3.03. The van der Waals surface area contributed by atoms with E-state index in [1.54, 1.807) is 25.2 Å². The van der Waals surface area contributed by atoms with Crippen LogP contribution in [0, 0.1) is 0 Å². The first-order valence-electron chi connectivity index (χ1n) is 22.2. The summed E-state index contributed by atoms with van der Waals surface area (Å²) >= 11 is 0. The van der Waals surface area contributed by atoms with Gasteiger partial charge >= 0.3 is 11.9 Å². The van der Waals surface area contributed by atoms with Gasteiger partial charge in [0.05, 0.1) is 18.0 Å². The monoisotopic (exact) mass is 814 g/mol. The van der Waals surface area contributed by atoms with Gasteiger partial charge in [-0.3, -0.25) is 4.79 Å². The molecule has 1 aromatic heterocycles.